The molecule has 1 aromatic carbocycles. The molecule has 0 aliphatic carbocycles. The summed E-state index contributed by atoms with van der Waals surface area (Å²) in [6.07, 6.45) is 5.35. The zero-order valence-corrected chi connectivity index (χ0v) is 11.6. The summed E-state index contributed by atoms with van der Waals surface area (Å²) < 4.78 is 8.23. The molecule has 20 heavy (non-hydrogen) atoms. The van der Waals surface area contributed by atoms with Gasteiger partial charge in [0.15, 0.2) is 0 Å². The molecule has 0 saturated carbocycles. The van der Waals surface area contributed by atoms with Crippen LogP contribution >= 0.6 is 11.3 Å². The van der Waals surface area contributed by atoms with Crippen LogP contribution in [0.5, 0.6) is 5.75 Å². The average molecular weight is 288 g/mol. The minimum Gasteiger partial charge on any atom is -0.496 e. The van der Waals surface area contributed by atoms with Crippen LogP contribution in [0.2, 0.25) is 0 Å². The van der Waals surface area contributed by atoms with E-state index in [-0.39, 0.29) is 0 Å². The van der Waals surface area contributed by atoms with Crippen LogP contribution in [0.4, 0.5) is 0 Å². The maximum absolute atomic E-state index is 11.1. The quantitative estimate of drug-likeness (QED) is 0.801. The summed E-state index contributed by atoms with van der Waals surface area (Å²) in [6.45, 7) is 0.673. The first kappa shape index (κ1) is 12.7. The van der Waals surface area contributed by atoms with Gasteiger partial charge in [0.1, 0.15) is 10.6 Å². The third kappa shape index (κ3) is 2.25. The zero-order valence-electron chi connectivity index (χ0n) is 10.7. The highest BCUT2D eigenvalue weighted by Crippen LogP contribution is 2.34. The molecule has 0 aliphatic heterocycles. The maximum Gasteiger partial charge on any atom is 0.345 e. The number of carbonyl (C=O) groups is 1. The molecule has 102 valence electrons. The Labute approximate surface area is 119 Å². The van der Waals surface area contributed by atoms with Gasteiger partial charge in [-0.25, -0.2) is 9.78 Å². The molecule has 0 spiro atoms. The largest absolute Gasteiger partial charge is 0.496 e. The molecular weight excluding hydrogens is 276 g/mol. The fraction of sp³-hybridized carbons (Fsp3) is 0.143. The van der Waals surface area contributed by atoms with E-state index < -0.39 is 5.97 Å². The van der Waals surface area contributed by atoms with Crippen LogP contribution in [0.1, 0.15) is 15.2 Å². The molecule has 1 N–H and O–H groups in total. The van der Waals surface area contributed by atoms with Crippen molar-refractivity contribution in [2.75, 3.05) is 7.11 Å². The number of benzene rings is 1. The summed E-state index contributed by atoms with van der Waals surface area (Å²) in [5.74, 6) is -0.217. The smallest absolute Gasteiger partial charge is 0.345 e. The maximum atomic E-state index is 11.1. The van der Waals surface area contributed by atoms with Crippen molar-refractivity contribution in [1.82, 2.24) is 9.55 Å². The van der Waals surface area contributed by atoms with E-state index in [1.54, 1.807) is 25.7 Å². The number of rotatable bonds is 4. The predicted octanol–water partition coefficient (Wildman–Crippen LogP) is 2.85. The number of methoxy groups -OCH3 is 1. The lowest BCUT2D eigenvalue weighted by molar-refractivity contribution is 0.0702. The molecule has 0 radical (unpaired) electrons. The van der Waals surface area contributed by atoms with Gasteiger partial charge in [0.25, 0.3) is 0 Å². The lowest BCUT2D eigenvalue weighted by atomic mass is 10.1. The average Bonchev–Trinajstić information content (AvgIpc) is 3.06. The number of hydrogen-bond donors (Lipinski definition) is 1. The number of imidazole rings is 1. The molecule has 0 unspecified atom stereocenters. The molecule has 3 rings (SSSR count). The van der Waals surface area contributed by atoms with Crippen LogP contribution in [0.15, 0.2) is 36.9 Å². The van der Waals surface area contributed by atoms with Gasteiger partial charge in [0.05, 0.1) is 13.4 Å². The Kier molecular flexibility index (Phi) is 3.15. The molecule has 0 atom stereocenters. The molecule has 0 saturated heterocycles. The molecular formula is C14H12N2O3S. The van der Waals surface area contributed by atoms with Gasteiger partial charge >= 0.3 is 5.97 Å². The first-order chi connectivity index (χ1) is 9.67. The number of aromatic carboxylic acids is 1. The van der Waals surface area contributed by atoms with Crippen molar-refractivity contribution in [1.29, 1.82) is 0 Å². The van der Waals surface area contributed by atoms with Crippen molar-refractivity contribution >= 4 is 27.4 Å². The molecule has 5 nitrogen and oxygen atoms in total. The van der Waals surface area contributed by atoms with Gasteiger partial charge in [0, 0.05) is 29.0 Å². The van der Waals surface area contributed by atoms with Crippen LogP contribution in [0.3, 0.4) is 0 Å². The van der Waals surface area contributed by atoms with Crippen LogP contribution in [-0.2, 0) is 6.54 Å². The summed E-state index contributed by atoms with van der Waals surface area (Å²) in [7, 11) is 1.59. The van der Waals surface area contributed by atoms with Crippen molar-refractivity contribution in [3.63, 3.8) is 0 Å². The highest BCUT2D eigenvalue weighted by Gasteiger charge is 2.13. The van der Waals surface area contributed by atoms with E-state index in [0.29, 0.717) is 17.2 Å². The van der Waals surface area contributed by atoms with Gasteiger partial charge in [-0.05, 0) is 23.8 Å². The summed E-state index contributed by atoms with van der Waals surface area (Å²) in [5, 5.41) is 9.92. The fourth-order valence-electron chi connectivity index (χ4n) is 2.12. The number of nitrogens with zero attached hydrogens (tertiary/aromatic N) is 2. The second kappa shape index (κ2) is 4.97. The molecule has 0 amide bonds. The zero-order chi connectivity index (χ0) is 14.1. The molecule has 2 aromatic heterocycles. The van der Waals surface area contributed by atoms with Gasteiger partial charge in [-0.1, -0.05) is 0 Å². The van der Waals surface area contributed by atoms with E-state index in [1.165, 1.54) is 11.3 Å². The number of fused-ring (bicyclic) bond motifs is 1. The molecule has 6 heteroatoms. The minimum atomic E-state index is -0.913. The number of aromatic nitrogens is 2. The van der Waals surface area contributed by atoms with E-state index in [9.17, 15) is 4.79 Å². The number of hydrogen-bond acceptors (Lipinski definition) is 4. The Hall–Kier alpha value is -2.34. The lowest BCUT2D eigenvalue weighted by Gasteiger charge is -2.07. The number of ether oxygens (including phenoxy) is 1. The topological polar surface area (TPSA) is 64.4 Å². The first-order valence-corrected chi connectivity index (χ1v) is 6.78. The first-order valence-electron chi connectivity index (χ1n) is 5.97. The highest BCUT2D eigenvalue weighted by atomic mass is 32.1. The Morgan fingerprint density at radius 2 is 2.30 bits per heavy atom. The van der Waals surface area contributed by atoms with Crippen LogP contribution in [0.25, 0.3) is 10.1 Å². The molecule has 3 aromatic rings. The fourth-order valence-corrected chi connectivity index (χ4v) is 3.10. The molecule has 2 heterocycles. The summed E-state index contributed by atoms with van der Waals surface area (Å²) in [4.78, 5) is 15.4. The van der Waals surface area contributed by atoms with Crippen molar-refractivity contribution in [2.24, 2.45) is 0 Å². The number of carboxylic acid groups (broad SMARTS) is 1. The van der Waals surface area contributed by atoms with E-state index in [0.717, 1.165) is 15.6 Å². The van der Waals surface area contributed by atoms with E-state index >= 15 is 0 Å². The van der Waals surface area contributed by atoms with Crippen molar-refractivity contribution in [3.05, 3.63) is 47.4 Å². The Morgan fingerprint density at radius 3 is 2.95 bits per heavy atom. The summed E-state index contributed by atoms with van der Waals surface area (Å²) >= 11 is 1.26. The standard InChI is InChI=1S/C14H12N2O3S/c1-19-11-4-9(7-16-3-2-15-8-16)5-12-10(11)6-13(20-12)14(17)18/h2-6,8H,7H2,1H3,(H,17,18). The Bertz CT molecular complexity index is 762. The summed E-state index contributed by atoms with van der Waals surface area (Å²) in [6, 6.07) is 5.58. The lowest BCUT2D eigenvalue weighted by Crippen LogP contribution is -1.97. The highest BCUT2D eigenvalue weighted by molar-refractivity contribution is 7.20. The van der Waals surface area contributed by atoms with Gasteiger partial charge < -0.3 is 14.4 Å². The monoisotopic (exact) mass is 288 g/mol. The van der Waals surface area contributed by atoms with E-state index in [4.69, 9.17) is 9.84 Å². The molecule has 0 bridgehead atoms. The SMILES string of the molecule is COc1cc(Cn2ccnc2)cc2sc(C(=O)O)cc12. The number of carboxylic acids is 1. The van der Waals surface area contributed by atoms with Crippen LogP contribution in [0, 0.1) is 0 Å². The van der Waals surface area contributed by atoms with Crippen LogP contribution < -0.4 is 4.74 Å². The van der Waals surface area contributed by atoms with Gasteiger partial charge in [-0.3, -0.25) is 0 Å². The second-order valence-corrected chi connectivity index (χ2v) is 5.44. The third-order valence-electron chi connectivity index (χ3n) is 3.01. The number of thiophene rings is 1. The van der Waals surface area contributed by atoms with Crippen molar-refractivity contribution < 1.29 is 14.6 Å². The predicted molar refractivity (Wildman–Crippen MR) is 76.7 cm³/mol. The van der Waals surface area contributed by atoms with E-state index in [1.807, 2.05) is 22.9 Å². The van der Waals surface area contributed by atoms with Crippen molar-refractivity contribution in [2.45, 2.75) is 6.54 Å². The van der Waals surface area contributed by atoms with Gasteiger partial charge in [0.2, 0.25) is 0 Å². The Morgan fingerprint density at radius 1 is 1.45 bits per heavy atom. The summed E-state index contributed by atoms with van der Waals surface area (Å²) in [5.41, 5.74) is 1.05. The van der Waals surface area contributed by atoms with Crippen molar-refractivity contribution in [3.8, 4) is 5.75 Å². The third-order valence-corrected chi connectivity index (χ3v) is 4.08. The minimum absolute atomic E-state index is 0.318. The normalized spacial score (nSPS) is 10.8. The van der Waals surface area contributed by atoms with Gasteiger partial charge in [-0.15, -0.1) is 11.3 Å². The molecule has 0 aliphatic rings. The van der Waals surface area contributed by atoms with Gasteiger partial charge in [-0.2, -0.15) is 0 Å². The second-order valence-electron chi connectivity index (χ2n) is 4.36. The van der Waals surface area contributed by atoms with Crippen LogP contribution in [-0.4, -0.2) is 27.7 Å². The Balaban J connectivity index is 2.08. The van der Waals surface area contributed by atoms with E-state index in [2.05, 4.69) is 4.98 Å². The molecule has 0 fully saturated rings.